The number of carbonyl (C=O) groups excluding carboxylic acids is 3. The topological polar surface area (TPSA) is 89.9 Å². The zero-order chi connectivity index (χ0) is 26.1. The van der Waals surface area contributed by atoms with Gasteiger partial charge in [-0.05, 0) is 41.6 Å². The normalized spacial score (nSPS) is 15.9. The van der Waals surface area contributed by atoms with Crippen molar-refractivity contribution in [3.63, 3.8) is 0 Å². The van der Waals surface area contributed by atoms with Crippen molar-refractivity contribution in [1.29, 1.82) is 0 Å². The van der Waals surface area contributed by atoms with Crippen LogP contribution in [0.1, 0.15) is 11.1 Å². The Morgan fingerprint density at radius 2 is 1.71 bits per heavy atom. The molecule has 0 saturated carbocycles. The number of benzene rings is 3. The second kappa shape index (κ2) is 10.1. The third kappa shape index (κ3) is 4.76. The minimum absolute atomic E-state index is 0.282. The summed E-state index contributed by atoms with van der Waals surface area (Å²) < 4.78 is 13.2. The molecule has 38 heavy (non-hydrogen) atoms. The SMILES string of the molecule is O=C(CN1C(=O)S/C(=C\c2cn(Cc3ccccc3)c3ccccc23)C1=O)Nc1ccc2c(c1)OCCO2. The molecule has 3 heterocycles. The highest BCUT2D eigenvalue weighted by molar-refractivity contribution is 8.18. The lowest BCUT2D eigenvalue weighted by Crippen LogP contribution is -2.36. The fourth-order valence-electron chi connectivity index (χ4n) is 4.54. The molecule has 2 aliphatic rings. The van der Waals surface area contributed by atoms with Gasteiger partial charge in [0.25, 0.3) is 11.1 Å². The van der Waals surface area contributed by atoms with Crippen LogP contribution in [0, 0.1) is 0 Å². The van der Waals surface area contributed by atoms with Crippen LogP contribution in [0.5, 0.6) is 11.5 Å². The van der Waals surface area contributed by atoms with Gasteiger partial charge in [0.05, 0.1) is 4.91 Å². The van der Waals surface area contributed by atoms with Crippen LogP contribution in [0.15, 0.2) is 83.9 Å². The molecule has 2 aliphatic heterocycles. The van der Waals surface area contributed by atoms with E-state index in [9.17, 15) is 14.4 Å². The molecule has 8 nitrogen and oxygen atoms in total. The summed E-state index contributed by atoms with van der Waals surface area (Å²) in [6, 6.07) is 23.1. The first-order valence-corrected chi connectivity index (χ1v) is 12.9. The third-order valence-electron chi connectivity index (χ3n) is 6.30. The van der Waals surface area contributed by atoms with Gasteiger partial charge in [-0.15, -0.1) is 0 Å². The van der Waals surface area contributed by atoms with Crippen LogP contribution in [0.4, 0.5) is 10.5 Å². The molecule has 1 fully saturated rings. The Balaban J connectivity index is 1.19. The monoisotopic (exact) mass is 525 g/mol. The lowest BCUT2D eigenvalue weighted by Gasteiger charge is -2.19. The Morgan fingerprint density at radius 1 is 0.947 bits per heavy atom. The average Bonchev–Trinajstić information content (AvgIpc) is 3.41. The van der Waals surface area contributed by atoms with E-state index in [0.717, 1.165) is 38.7 Å². The standard InChI is InChI=1S/C29H23N3O5S/c33-27(30-21-10-11-24-25(15-21)37-13-12-36-24)18-32-28(34)26(38-29(32)35)14-20-17-31(16-19-6-2-1-3-7-19)23-9-5-4-8-22(20)23/h1-11,14-15,17H,12-13,16,18H2,(H,30,33)/b26-14-. The predicted molar refractivity (Wildman–Crippen MR) is 146 cm³/mol. The molecule has 1 aromatic heterocycles. The first-order valence-electron chi connectivity index (χ1n) is 12.1. The highest BCUT2D eigenvalue weighted by atomic mass is 32.2. The number of amides is 3. The zero-order valence-corrected chi connectivity index (χ0v) is 21.1. The number of nitrogens with one attached hydrogen (secondary N) is 1. The molecule has 9 heteroatoms. The minimum atomic E-state index is -0.489. The summed E-state index contributed by atoms with van der Waals surface area (Å²) in [6.45, 7) is 1.19. The van der Waals surface area contributed by atoms with Crippen molar-refractivity contribution in [3.8, 4) is 11.5 Å². The van der Waals surface area contributed by atoms with Crippen molar-refractivity contribution >= 4 is 51.5 Å². The smallest absolute Gasteiger partial charge is 0.294 e. The van der Waals surface area contributed by atoms with Gasteiger partial charge < -0.3 is 19.4 Å². The van der Waals surface area contributed by atoms with Crippen LogP contribution in [-0.2, 0) is 16.1 Å². The van der Waals surface area contributed by atoms with Crippen LogP contribution in [0.3, 0.4) is 0 Å². The maximum atomic E-state index is 13.1. The molecule has 0 radical (unpaired) electrons. The van der Waals surface area contributed by atoms with Crippen molar-refractivity contribution in [2.75, 3.05) is 25.1 Å². The third-order valence-corrected chi connectivity index (χ3v) is 7.21. The summed E-state index contributed by atoms with van der Waals surface area (Å²) in [5.41, 5.74) is 3.51. The van der Waals surface area contributed by atoms with Gasteiger partial charge in [-0.25, -0.2) is 0 Å². The summed E-state index contributed by atoms with van der Waals surface area (Å²) in [6.07, 6.45) is 3.72. The van der Waals surface area contributed by atoms with Crippen molar-refractivity contribution < 1.29 is 23.9 Å². The molecule has 4 aromatic rings. The number of hydrogen-bond donors (Lipinski definition) is 1. The number of para-hydroxylation sites is 1. The molecule has 0 bridgehead atoms. The van der Waals surface area contributed by atoms with Gasteiger partial charge in [0.1, 0.15) is 19.8 Å². The van der Waals surface area contributed by atoms with E-state index in [0.29, 0.717) is 36.9 Å². The Bertz CT molecular complexity index is 1590. The zero-order valence-electron chi connectivity index (χ0n) is 20.3. The van der Waals surface area contributed by atoms with Crippen molar-refractivity contribution in [2.45, 2.75) is 6.54 Å². The van der Waals surface area contributed by atoms with E-state index in [1.165, 1.54) is 0 Å². The van der Waals surface area contributed by atoms with Crippen LogP contribution in [-0.4, -0.2) is 46.3 Å². The molecule has 0 aliphatic carbocycles. The highest BCUT2D eigenvalue weighted by Gasteiger charge is 2.36. The molecule has 3 amide bonds. The number of hydrogen-bond acceptors (Lipinski definition) is 6. The van der Waals surface area contributed by atoms with E-state index in [1.807, 2.05) is 48.7 Å². The van der Waals surface area contributed by atoms with Crippen LogP contribution < -0.4 is 14.8 Å². The number of imide groups is 1. The molecule has 0 atom stereocenters. The summed E-state index contributed by atoms with van der Waals surface area (Å²) in [7, 11) is 0. The van der Waals surface area contributed by atoms with Gasteiger partial charge in [0.15, 0.2) is 11.5 Å². The van der Waals surface area contributed by atoms with Crippen molar-refractivity contribution in [3.05, 3.63) is 95.0 Å². The maximum Gasteiger partial charge on any atom is 0.294 e. The summed E-state index contributed by atoms with van der Waals surface area (Å²) in [4.78, 5) is 39.7. The number of anilines is 1. The number of nitrogens with zero attached hydrogens (tertiary/aromatic N) is 2. The number of rotatable bonds is 6. The van der Waals surface area contributed by atoms with E-state index in [1.54, 1.807) is 24.3 Å². The molecule has 6 rings (SSSR count). The predicted octanol–water partition coefficient (Wildman–Crippen LogP) is 5.14. The van der Waals surface area contributed by atoms with Gasteiger partial charge in [0.2, 0.25) is 5.91 Å². The Kier molecular flexibility index (Phi) is 6.35. The molecular weight excluding hydrogens is 502 g/mol. The fourth-order valence-corrected chi connectivity index (χ4v) is 5.37. The minimum Gasteiger partial charge on any atom is -0.486 e. The lowest BCUT2D eigenvalue weighted by molar-refractivity contribution is -0.127. The van der Waals surface area contributed by atoms with Crippen LogP contribution >= 0.6 is 11.8 Å². The molecule has 3 aromatic carbocycles. The first kappa shape index (κ1) is 23.9. The summed E-state index contributed by atoms with van der Waals surface area (Å²) >= 11 is 0.838. The Morgan fingerprint density at radius 3 is 2.55 bits per heavy atom. The Labute approximate surface area is 222 Å². The van der Waals surface area contributed by atoms with E-state index in [2.05, 4.69) is 22.0 Å². The number of thioether (sulfide) groups is 1. The van der Waals surface area contributed by atoms with Crippen molar-refractivity contribution in [1.82, 2.24) is 9.47 Å². The highest BCUT2D eigenvalue weighted by Crippen LogP contribution is 2.35. The van der Waals surface area contributed by atoms with Gasteiger partial charge >= 0.3 is 0 Å². The van der Waals surface area contributed by atoms with E-state index in [4.69, 9.17) is 9.47 Å². The van der Waals surface area contributed by atoms with E-state index in [-0.39, 0.29) is 11.4 Å². The largest absolute Gasteiger partial charge is 0.486 e. The van der Waals surface area contributed by atoms with Gasteiger partial charge in [-0.3, -0.25) is 19.3 Å². The first-order chi connectivity index (χ1) is 18.5. The number of carbonyl (C=O) groups is 3. The molecule has 0 unspecified atom stereocenters. The number of aromatic nitrogens is 1. The molecule has 190 valence electrons. The second-order valence-electron chi connectivity index (χ2n) is 8.89. The van der Waals surface area contributed by atoms with Gasteiger partial charge in [-0.2, -0.15) is 0 Å². The van der Waals surface area contributed by atoms with Crippen LogP contribution in [0.2, 0.25) is 0 Å². The summed E-state index contributed by atoms with van der Waals surface area (Å²) in [5, 5.41) is 3.22. The van der Waals surface area contributed by atoms with E-state index < -0.39 is 17.1 Å². The second-order valence-corrected chi connectivity index (χ2v) is 9.88. The van der Waals surface area contributed by atoms with Crippen LogP contribution in [0.25, 0.3) is 17.0 Å². The van der Waals surface area contributed by atoms with E-state index >= 15 is 0 Å². The lowest BCUT2D eigenvalue weighted by atomic mass is 10.1. The number of fused-ring (bicyclic) bond motifs is 2. The molecular formula is C29H23N3O5S. The van der Waals surface area contributed by atoms with Crippen molar-refractivity contribution in [2.24, 2.45) is 0 Å². The molecule has 1 saturated heterocycles. The molecule has 0 spiro atoms. The quantitative estimate of drug-likeness (QED) is 0.351. The maximum absolute atomic E-state index is 13.1. The number of ether oxygens (including phenoxy) is 2. The fraction of sp³-hybridized carbons (Fsp3) is 0.138. The molecule has 1 N–H and O–H groups in total. The van der Waals surface area contributed by atoms with Gasteiger partial charge in [-0.1, -0.05) is 48.5 Å². The average molecular weight is 526 g/mol. The Hall–Kier alpha value is -4.50. The summed E-state index contributed by atoms with van der Waals surface area (Å²) in [5.74, 6) is 0.173. The van der Waals surface area contributed by atoms with Gasteiger partial charge in [0, 0.05) is 41.0 Å².